The van der Waals surface area contributed by atoms with E-state index in [2.05, 4.69) is 4.98 Å². The number of aromatic nitrogens is 2. The van der Waals surface area contributed by atoms with E-state index >= 15 is 0 Å². The fourth-order valence-corrected chi connectivity index (χ4v) is 4.21. The number of hydrogen-bond donors (Lipinski definition) is 0. The third-order valence-electron chi connectivity index (χ3n) is 3.89. The van der Waals surface area contributed by atoms with Gasteiger partial charge in [-0.05, 0) is 13.3 Å². The summed E-state index contributed by atoms with van der Waals surface area (Å²) in [5, 5.41) is 0.0903. The fourth-order valence-electron chi connectivity index (χ4n) is 2.67. The van der Waals surface area contributed by atoms with Gasteiger partial charge in [0.15, 0.2) is 10.8 Å². The van der Waals surface area contributed by atoms with Crippen LogP contribution in [-0.2, 0) is 26.5 Å². The molecule has 2 aliphatic rings. The summed E-state index contributed by atoms with van der Waals surface area (Å²) in [5.41, 5.74) is 0. The van der Waals surface area contributed by atoms with E-state index in [0.717, 1.165) is 12.8 Å². The zero-order chi connectivity index (χ0) is 14.4. The number of imidazole rings is 1. The summed E-state index contributed by atoms with van der Waals surface area (Å²) in [7, 11) is -1.81. The van der Waals surface area contributed by atoms with E-state index in [1.807, 2.05) is 0 Å². The fraction of sp³-hybridized carbons (Fsp3) is 0.750. The van der Waals surface area contributed by atoms with Crippen molar-refractivity contribution in [2.45, 2.75) is 30.6 Å². The molecule has 0 saturated carbocycles. The predicted octanol–water partition coefficient (Wildman–Crippen LogP) is 0.256. The molecule has 0 radical (unpaired) electrons. The summed E-state index contributed by atoms with van der Waals surface area (Å²) >= 11 is 0. The van der Waals surface area contributed by atoms with Crippen molar-refractivity contribution < 1.29 is 17.9 Å². The van der Waals surface area contributed by atoms with Gasteiger partial charge in [0, 0.05) is 26.2 Å². The summed E-state index contributed by atoms with van der Waals surface area (Å²) in [4.78, 5) is 4.12. The van der Waals surface area contributed by atoms with Gasteiger partial charge in [-0.2, -0.15) is 4.31 Å². The number of sulfonamides is 1. The zero-order valence-electron chi connectivity index (χ0n) is 11.7. The van der Waals surface area contributed by atoms with Crippen molar-refractivity contribution in [3.8, 4) is 0 Å². The summed E-state index contributed by atoms with van der Waals surface area (Å²) in [5.74, 6) is -0.0848. The largest absolute Gasteiger partial charge is 0.346 e. The van der Waals surface area contributed by atoms with Gasteiger partial charge in [0.05, 0.1) is 19.8 Å². The molecule has 0 aliphatic carbocycles. The molecule has 7 nitrogen and oxygen atoms in total. The van der Waals surface area contributed by atoms with Crippen LogP contribution in [0.1, 0.15) is 18.7 Å². The quantitative estimate of drug-likeness (QED) is 0.783. The van der Waals surface area contributed by atoms with Crippen LogP contribution < -0.4 is 0 Å². The lowest BCUT2D eigenvalue weighted by Gasteiger charge is -2.37. The number of aryl methyl sites for hydroxylation is 2. The first-order chi connectivity index (χ1) is 9.43. The molecule has 2 aliphatic heterocycles. The third kappa shape index (κ3) is 2.26. The Hall–Kier alpha value is -0.960. The molecule has 1 aromatic heterocycles. The second kappa shape index (κ2) is 4.80. The molecule has 1 spiro atoms. The van der Waals surface area contributed by atoms with Crippen molar-refractivity contribution in [3.05, 3.63) is 12.0 Å². The summed E-state index contributed by atoms with van der Waals surface area (Å²) in [6.45, 7) is 3.55. The Morgan fingerprint density at radius 3 is 2.65 bits per heavy atom. The first kappa shape index (κ1) is 14.0. The van der Waals surface area contributed by atoms with E-state index in [1.165, 1.54) is 4.31 Å². The lowest BCUT2D eigenvalue weighted by atomic mass is 10.1. The molecular formula is C12H19N3O4S. The van der Waals surface area contributed by atoms with Gasteiger partial charge in [-0.3, -0.25) is 0 Å². The first-order valence-electron chi connectivity index (χ1n) is 6.71. The van der Waals surface area contributed by atoms with Gasteiger partial charge in [-0.1, -0.05) is 0 Å². The maximum atomic E-state index is 12.6. The Kier molecular flexibility index (Phi) is 3.36. The third-order valence-corrected chi connectivity index (χ3v) is 5.60. The monoisotopic (exact) mass is 301 g/mol. The predicted molar refractivity (Wildman–Crippen MR) is 70.6 cm³/mol. The second-order valence-corrected chi connectivity index (χ2v) is 7.17. The molecule has 0 aromatic carbocycles. The topological polar surface area (TPSA) is 73.7 Å². The lowest BCUT2D eigenvalue weighted by Crippen LogP contribution is -2.50. The molecule has 2 fully saturated rings. The van der Waals surface area contributed by atoms with Crippen LogP contribution in [0.5, 0.6) is 0 Å². The molecule has 0 N–H and O–H groups in total. The smallest absolute Gasteiger partial charge is 0.262 e. The molecule has 0 atom stereocenters. The normalized spacial score (nSPS) is 23.5. The van der Waals surface area contributed by atoms with Crippen LogP contribution in [0.2, 0.25) is 0 Å². The van der Waals surface area contributed by atoms with Crippen LogP contribution in [0.3, 0.4) is 0 Å². The Balaban J connectivity index is 1.87. The van der Waals surface area contributed by atoms with Crippen LogP contribution in [0.4, 0.5) is 0 Å². The molecule has 112 valence electrons. The van der Waals surface area contributed by atoms with E-state index in [4.69, 9.17) is 9.47 Å². The zero-order valence-corrected chi connectivity index (χ0v) is 12.5. The van der Waals surface area contributed by atoms with Gasteiger partial charge in [-0.15, -0.1) is 0 Å². The SMILES string of the molecule is Cc1nc(S(=O)(=O)N2CCCC3(C2)OCCO3)cn1C. The van der Waals surface area contributed by atoms with E-state index in [-0.39, 0.29) is 11.6 Å². The van der Waals surface area contributed by atoms with Crippen LogP contribution in [0, 0.1) is 6.92 Å². The molecular weight excluding hydrogens is 282 g/mol. The van der Waals surface area contributed by atoms with Crippen LogP contribution in [0.15, 0.2) is 11.2 Å². The molecule has 0 unspecified atom stereocenters. The molecule has 3 rings (SSSR count). The number of rotatable bonds is 2. The summed E-state index contributed by atoms with van der Waals surface area (Å²) < 4.78 is 39.6. The van der Waals surface area contributed by atoms with Gasteiger partial charge < -0.3 is 14.0 Å². The Bertz CT molecular complexity index is 585. The highest BCUT2D eigenvalue weighted by Gasteiger charge is 2.44. The maximum absolute atomic E-state index is 12.6. The molecule has 3 heterocycles. The number of ether oxygens (including phenoxy) is 2. The summed E-state index contributed by atoms with van der Waals surface area (Å²) in [6.07, 6.45) is 3.01. The Labute approximate surface area is 118 Å². The van der Waals surface area contributed by atoms with Gasteiger partial charge in [0.2, 0.25) is 0 Å². The Morgan fingerprint density at radius 2 is 2.05 bits per heavy atom. The highest BCUT2D eigenvalue weighted by Crippen LogP contribution is 2.32. The average molecular weight is 301 g/mol. The minimum absolute atomic E-state index is 0.0903. The van der Waals surface area contributed by atoms with Gasteiger partial charge >= 0.3 is 0 Å². The highest BCUT2D eigenvalue weighted by molar-refractivity contribution is 7.89. The van der Waals surface area contributed by atoms with E-state index in [0.29, 0.717) is 25.6 Å². The molecule has 0 amide bonds. The van der Waals surface area contributed by atoms with Crippen LogP contribution in [0.25, 0.3) is 0 Å². The number of piperidine rings is 1. The molecule has 20 heavy (non-hydrogen) atoms. The van der Waals surface area contributed by atoms with E-state index < -0.39 is 15.8 Å². The average Bonchev–Trinajstić information content (AvgIpc) is 2.98. The van der Waals surface area contributed by atoms with Gasteiger partial charge in [0.1, 0.15) is 5.82 Å². The standard InChI is InChI=1S/C12H19N3O4S/c1-10-13-11(8-14(10)2)20(16,17)15-5-3-4-12(9-15)18-6-7-19-12/h8H,3-7,9H2,1-2H3. The van der Waals surface area contributed by atoms with Crippen molar-refractivity contribution in [1.29, 1.82) is 0 Å². The van der Waals surface area contributed by atoms with Crippen molar-refractivity contribution in [2.75, 3.05) is 26.3 Å². The molecule has 2 saturated heterocycles. The van der Waals surface area contributed by atoms with Crippen LogP contribution >= 0.6 is 0 Å². The minimum Gasteiger partial charge on any atom is -0.346 e. The molecule has 1 aromatic rings. The van der Waals surface area contributed by atoms with Gasteiger partial charge in [0.25, 0.3) is 10.0 Å². The molecule has 8 heteroatoms. The Morgan fingerprint density at radius 1 is 1.35 bits per heavy atom. The maximum Gasteiger partial charge on any atom is 0.262 e. The van der Waals surface area contributed by atoms with Crippen molar-refractivity contribution in [3.63, 3.8) is 0 Å². The number of hydrogen-bond acceptors (Lipinski definition) is 5. The van der Waals surface area contributed by atoms with Gasteiger partial charge in [-0.25, -0.2) is 13.4 Å². The lowest BCUT2D eigenvalue weighted by molar-refractivity contribution is -0.179. The summed E-state index contributed by atoms with van der Waals surface area (Å²) in [6, 6.07) is 0. The minimum atomic E-state index is -3.59. The highest BCUT2D eigenvalue weighted by atomic mass is 32.2. The van der Waals surface area contributed by atoms with E-state index in [9.17, 15) is 8.42 Å². The number of nitrogens with zero attached hydrogens (tertiary/aromatic N) is 3. The van der Waals surface area contributed by atoms with Crippen LogP contribution in [-0.4, -0.2) is 54.4 Å². The first-order valence-corrected chi connectivity index (χ1v) is 8.15. The molecule has 0 bridgehead atoms. The van der Waals surface area contributed by atoms with Crippen molar-refractivity contribution in [2.24, 2.45) is 7.05 Å². The second-order valence-electron chi connectivity index (χ2n) is 5.29. The van der Waals surface area contributed by atoms with Crippen molar-refractivity contribution >= 4 is 10.0 Å². The van der Waals surface area contributed by atoms with Crippen molar-refractivity contribution in [1.82, 2.24) is 13.9 Å². The van der Waals surface area contributed by atoms with E-state index in [1.54, 1.807) is 24.7 Å².